The van der Waals surface area contributed by atoms with Gasteiger partial charge in [0.2, 0.25) is 10.5 Å². The molecule has 1 heterocycles. The molecule has 0 radical (unpaired) electrons. The maximum Gasteiger partial charge on any atom is 0.235 e. The van der Waals surface area contributed by atoms with E-state index in [1.165, 1.54) is 20.8 Å². The van der Waals surface area contributed by atoms with Crippen LogP contribution in [-0.4, -0.2) is 6.21 Å². The third kappa shape index (κ3) is 3.34. The Labute approximate surface area is 134 Å². The predicted molar refractivity (Wildman–Crippen MR) is 94.7 cm³/mol. The average Bonchev–Trinajstić information content (AvgIpc) is 2.85. The Morgan fingerprint density at radius 1 is 1.09 bits per heavy atom. The Kier molecular flexibility index (Phi) is 4.49. The number of benzene rings is 2. The van der Waals surface area contributed by atoms with Crippen molar-refractivity contribution >= 4 is 33.5 Å². The van der Waals surface area contributed by atoms with E-state index in [1.807, 2.05) is 29.7 Å². The number of hydrogen-bond acceptors (Lipinski definition) is 3. The minimum Gasteiger partial charge on any atom is -0.279 e. The number of aryl methyl sites for hydroxylation is 3. The third-order valence-electron chi connectivity index (χ3n) is 3.61. The fourth-order valence-electron chi connectivity index (χ4n) is 2.43. The van der Waals surface area contributed by atoms with Crippen LogP contribution in [-0.2, 0) is 6.54 Å². The topological polar surface area (TPSA) is 28.3 Å². The molecule has 22 heavy (non-hydrogen) atoms. The molecule has 0 spiro atoms. The van der Waals surface area contributed by atoms with Gasteiger partial charge in [0.15, 0.2) is 6.54 Å². The normalized spacial score (nSPS) is 11.4. The molecule has 3 rings (SSSR count). The molecule has 0 bridgehead atoms. The van der Waals surface area contributed by atoms with Crippen LogP contribution in [0.4, 0.5) is 5.69 Å². The lowest BCUT2D eigenvalue weighted by atomic mass is 10.2. The van der Waals surface area contributed by atoms with Gasteiger partial charge < -0.3 is 0 Å². The van der Waals surface area contributed by atoms with Gasteiger partial charge in [-0.1, -0.05) is 41.2 Å². The monoisotopic (exact) mass is 310 g/mol. The van der Waals surface area contributed by atoms with E-state index >= 15 is 0 Å². The molecule has 3 nitrogen and oxygen atoms in total. The van der Waals surface area contributed by atoms with E-state index in [-0.39, 0.29) is 0 Å². The summed E-state index contributed by atoms with van der Waals surface area (Å²) in [6, 6.07) is 16.8. The van der Waals surface area contributed by atoms with Crippen molar-refractivity contribution in [2.24, 2.45) is 5.10 Å². The predicted octanol–water partition coefficient (Wildman–Crippen LogP) is 4.29. The van der Waals surface area contributed by atoms with Gasteiger partial charge in [0.1, 0.15) is 4.70 Å². The molecule has 4 heteroatoms. The maximum atomic E-state index is 4.30. The van der Waals surface area contributed by atoms with E-state index in [9.17, 15) is 0 Å². The first-order chi connectivity index (χ1) is 10.7. The van der Waals surface area contributed by atoms with Gasteiger partial charge in [-0.05, 0) is 25.1 Å². The van der Waals surface area contributed by atoms with Crippen molar-refractivity contribution in [3.63, 3.8) is 0 Å². The minimum absolute atomic E-state index is 0.908. The van der Waals surface area contributed by atoms with Crippen LogP contribution in [0.1, 0.15) is 17.0 Å². The van der Waals surface area contributed by atoms with Gasteiger partial charge >= 0.3 is 0 Å². The number of hydrogen-bond donors (Lipinski definition) is 1. The zero-order valence-electron chi connectivity index (χ0n) is 12.9. The highest BCUT2D eigenvalue weighted by molar-refractivity contribution is 7.18. The first-order valence-electron chi connectivity index (χ1n) is 7.46. The van der Waals surface area contributed by atoms with Gasteiger partial charge in [-0.2, -0.15) is 9.67 Å². The van der Waals surface area contributed by atoms with Crippen molar-refractivity contribution in [2.75, 3.05) is 5.43 Å². The molecule has 0 amide bonds. The van der Waals surface area contributed by atoms with Crippen molar-refractivity contribution in [1.82, 2.24) is 0 Å². The minimum atomic E-state index is 0.908. The largest absolute Gasteiger partial charge is 0.279 e. The second kappa shape index (κ2) is 6.71. The average molecular weight is 310 g/mol. The van der Waals surface area contributed by atoms with Crippen LogP contribution < -0.4 is 9.99 Å². The molecule has 0 atom stereocenters. The first-order valence-corrected chi connectivity index (χ1v) is 8.28. The van der Waals surface area contributed by atoms with E-state index in [0.717, 1.165) is 18.7 Å². The highest BCUT2D eigenvalue weighted by atomic mass is 32.1. The Hall–Kier alpha value is -2.20. The van der Waals surface area contributed by atoms with Crippen LogP contribution in [0.15, 0.2) is 53.6 Å². The molecule has 0 saturated heterocycles. The number of aromatic nitrogens is 1. The lowest BCUT2D eigenvalue weighted by Gasteiger charge is -1.99. The fraction of sp³-hybridized carbons (Fsp3) is 0.222. The van der Waals surface area contributed by atoms with E-state index in [2.05, 4.69) is 65.3 Å². The van der Waals surface area contributed by atoms with E-state index in [4.69, 9.17) is 0 Å². The summed E-state index contributed by atoms with van der Waals surface area (Å²) >= 11 is 1.84. The van der Waals surface area contributed by atoms with Crippen LogP contribution >= 0.6 is 11.3 Å². The van der Waals surface area contributed by atoms with E-state index in [1.54, 1.807) is 0 Å². The molecule has 2 aromatic carbocycles. The molecule has 0 saturated carbocycles. The summed E-state index contributed by atoms with van der Waals surface area (Å²) in [5.74, 6) is 0. The van der Waals surface area contributed by atoms with Gasteiger partial charge in [-0.25, -0.2) is 0 Å². The fourth-order valence-corrected chi connectivity index (χ4v) is 3.48. The van der Waals surface area contributed by atoms with Crippen LogP contribution in [0.2, 0.25) is 0 Å². The lowest BCUT2D eigenvalue weighted by Crippen LogP contribution is -2.35. The number of hydrazone groups is 1. The Morgan fingerprint density at radius 3 is 2.68 bits per heavy atom. The van der Waals surface area contributed by atoms with Gasteiger partial charge in [0, 0.05) is 25.6 Å². The number of anilines is 1. The molecule has 0 aliphatic rings. The van der Waals surface area contributed by atoms with Gasteiger partial charge in [-0.15, -0.1) is 0 Å². The summed E-state index contributed by atoms with van der Waals surface area (Å²) in [6.45, 7) is 5.21. The summed E-state index contributed by atoms with van der Waals surface area (Å²) in [7, 11) is 0. The molecule has 0 fully saturated rings. The molecule has 3 aromatic rings. The van der Waals surface area contributed by atoms with Crippen molar-refractivity contribution in [3.05, 3.63) is 59.1 Å². The van der Waals surface area contributed by atoms with Gasteiger partial charge in [-0.3, -0.25) is 5.43 Å². The summed E-state index contributed by atoms with van der Waals surface area (Å²) in [6.07, 6.45) is 2.85. The van der Waals surface area contributed by atoms with Crippen molar-refractivity contribution in [2.45, 2.75) is 26.8 Å². The van der Waals surface area contributed by atoms with Crippen LogP contribution in [0.3, 0.4) is 0 Å². The Morgan fingerprint density at radius 2 is 1.86 bits per heavy atom. The number of para-hydroxylation sites is 1. The van der Waals surface area contributed by atoms with Crippen LogP contribution in [0.5, 0.6) is 0 Å². The summed E-state index contributed by atoms with van der Waals surface area (Å²) < 4.78 is 3.70. The highest BCUT2D eigenvalue weighted by Crippen LogP contribution is 2.19. The molecule has 112 valence electrons. The lowest BCUT2D eigenvalue weighted by molar-refractivity contribution is -0.671. The summed E-state index contributed by atoms with van der Waals surface area (Å²) in [5, 5.41) is 5.63. The highest BCUT2D eigenvalue weighted by Gasteiger charge is 2.15. The van der Waals surface area contributed by atoms with Crippen molar-refractivity contribution in [1.29, 1.82) is 0 Å². The smallest absolute Gasteiger partial charge is 0.235 e. The number of fused-ring (bicyclic) bond motifs is 1. The molecule has 0 unspecified atom stereocenters. The van der Waals surface area contributed by atoms with Crippen LogP contribution in [0, 0.1) is 13.8 Å². The number of rotatable bonds is 5. The molecule has 0 aliphatic carbocycles. The Bertz CT molecular complexity index is 788. The van der Waals surface area contributed by atoms with Crippen molar-refractivity contribution in [3.8, 4) is 0 Å². The second-order valence-electron chi connectivity index (χ2n) is 5.32. The molecule has 1 aromatic heterocycles. The maximum absolute atomic E-state index is 4.30. The van der Waals surface area contributed by atoms with E-state index < -0.39 is 0 Å². The first kappa shape index (κ1) is 14.7. The van der Waals surface area contributed by atoms with Crippen molar-refractivity contribution < 1.29 is 4.57 Å². The molecule has 0 aliphatic heterocycles. The van der Waals surface area contributed by atoms with E-state index in [0.29, 0.717) is 0 Å². The third-order valence-corrected chi connectivity index (χ3v) is 4.69. The quantitative estimate of drug-likeness (QED) is 0.425. The number of nitrogens with zero attached hydrogens (tertiary/aromatic N) is 2. The SMILES string of the molecule is Cc1ccc(NN=CCC[n+]2c(C)sc3ccccc32)cc1. The number of thiazole rings is 1. The van der Waals surface area contributed by atoms with Crippen LogP contribution in [0.25, 0.3) is 10.2 Å². The number of nitrogens with one attached hydrogen (secondary N) is 1. The summed E-state index contributed by atoms with van der Waals surface area (Å²) in [4.78, 5) is 0. The molecular formula is C18H20N3S+. The second-order valence-corrected chi connectivity index (χ2v) is 6.55. The summed E-state index contributed by atoms with van der Waals surface area (Å²) in [5.41, 5.74) is 6.65. The molecular weight excluding hydrogens is 290 g/mol. The molecule has 1 N–H and O–H groups in total. The Balaban J connectivity index is 1.59. The zero-order valence-corrected chi connectivity index (χ0v) is 13.7. The van der Waals surface area contributed by atoms with Gasteiger partial charge in [0.25, 0.3) is 0 Å². The standard InChI is InChI=1S/C18H20N3S/c1-14-8-10-16(11-9-14)20-19-12-5-13-21-15(2)22-18-7-4-3-6-17(18)21/h3-4,6-12,20H,5,13H2,1-2H3/q+1. The van der Waals surface area contributed by atoms with Gasteiger partial charge in [0.05, 0.1) is 5.69 Å². The zero-order chi connectivity index (χ0) is 15.4.